The number of carbonyl (C=O) groups excluding carboxylic acids is 1. The Morgan fingerprint density at radius 1 is 0.829 bits per heavy atom. The number of ether oxygens (including phenoxy) is 2. The molecule has 2 unspecified atom stereocenters. The van der Waals surface area contributed by atoms with Crippen LogP contribution in [-0.2, 0) is 10.3 Å². The molecule has 2 aliphatic heterocycles. The van der Waals surface area contributed by atoms with Crippen molar-refractivity contribution >= 4 is 5.97 Å². The molecule has 2 aliphatic rings. The molecule has 8 nitrogen and oxygen atoms in total. The lowest BCUT2D eigenvalue weighted by atomic mass is 9.74. The van der Waals surface area contributed by atoms with Crippen molar-refractivity contribution < 1.29 is 29.4 Å². The van der Waals surface area contributed by atoms with Crippen LogP contribution in [0.5, 0.6) is 23.0 Å². The van der Waals surface area contributed by atoms with E-state index in [-0.39, 0.29) is 34.1 Å². The number of carbonyl (C=O) groups is 1. The van der Waals surface area contributed by atoms with Gasteiger partial charge in [0.1, 0.15) is 23.0 Å². The molecule has 0 saturated carbocycles. The van der Waals surface area contributed by atoms with Gasteiger partial charge < -0.3 is 19.7 Å². The SMILES string of the molecule is O=C1OC2(c3ccc(O)cc3Oc3cc(O)cc(C(c4ccccc4)[N+](=O)[O-])c32)c2ccccc21. The summed E-state index contributed by atoms with van der Waals surface area (Å²) in [7, 11) is 0. The van der Waals surface area contributed by atoms with Crippen molar-refractivity contribution in [3.8, 4) is 23.0 Å². The Kier molecular flexibility index (Phi) is 4.34. The first-order valence-corrected chi connectivity index (χ1v) is 10.8. The maximum absolute atomic E-state index is 13.1. The second-order valence-corrected chi connectivity index (χ2v) is 8.41. The summed E-state index contributed by atoms with van der Waals surface area (Å²) in [5.74, 6) is -0.629. The molecular weight excluding hydrogens is 450 g/mol. The average molecular weight is 467 g/mol. The Labute approximate surface area is 198 Å². The van der Waals surface area contributed by atoms with E-state index in [0.717, 1.165) is 0 Å². The summed E-state index contributed by atoms with van der Waals surface area (Å²) in [6.45, 7) is 0. The molecule has 2 atom stereocenters. The lowest BCUT2D eigenvalue weighted by Gasteiger charge is -2.38. The molecule has 0 bridgehead atoms. The zero-order valence-corrected chi connectivity index (χ0v) is 18.0. The zero-order chi connectivity index (χ0) is 24.3. The number of nitrogens with zero attached hydrogens (tertiary/aromatic N) is 1. The molecular formula is C27H17NO7. The molecule has 2 N–H and O–H groups in total. The maximum Gasteiger partial charge on any atom is 0.340 e. The normalized spacial score (nSPS) is 18.1. The predicted octanol–water partition coefficient (Wildman–Crippen LogP) is 5.03. The van der Waals surface area contributed by atoms with Crippen LogP contribution in [0.3, 0.4) is 0 Å². The van der Waals surface area contributed by atoms with Gasteiger partial charge in [-0.2, -0.15) is 0 Å². The molecule has 172 valence electrons. The Morgan fingerprint density at radius 2 is 1.54 bits per heavy atom. The van der Waals surface area contributed by atoms with Crippen molar-refractivity contribution in [1.29, 1.82) is 0 Å². The van der Waals surface area contributed by atoms with Crippen LogP contribution < -0.4 is 4.74 Å². The van der Waals surface area contributed by atoms with Crippen molar-refractivity contribution in [2.45, 2.75) is 11.6 Å². The number of aromatic hydroxyl groups is 2. The van der Waals surface area contributed by atoms with E-state index in [9.17, 15) is 25.1 Å². The van der Waals surface area contributed by atoms with Gasteiger partial charge in [0.25, 0.3) is 6.04 Å². The molecule has 35 heavy (non-hydrogen) atoms. The van der Waals surface area contributed by atoms with Crippen LogP contribution in [0.2, 0.25) is 0 Å². The number of nitro groups is 1. The fourth-order valence-electron chi connectivity index (χ4n) is 5.09. The number of esters is 1. The first kappa shape index (κ1) is 20.7. The highest BCUT2D eigenvalue weighted by Crippen LogP contribution is 2.59. The monoisotopic (exact) mass is 467 g/mol. The molecule has 0 fully saturated rings. The van der Waals surface area contributed by atoms with E-state index in [4.69, 9.17) is 9.47 Å². The highest BCUT2D eigenvalue weighted by molar-refractivity contribution is 5.97. The summed E-state index contributed by atoms with van der Waals surface area (Å²) in [4.78, 5) is 25.1. The van der Waals surface area contributed by atoms with Crippen LogP contribution in [0, 0.1) is 10.1 Å². The van der Waals surface area contributed by atoms with Crippen molar-refractivity contribution in [2.75, 3.05) is 0 Å². The summed E-state index contributed by atoms with van der Waals surface area (Å²) >= 11 is 0. The Hall–Kier alpha value is -4.85. The minimum absolute atomic E-state index is 0.0761. The smallest absolute Gasteiger partial charge is 0.340 e. The Morgan fingerprint density at radius 3 is 2.31 bits per heavy atom. The van der Waals surface area contributed by atoms with E-state index < -0.39 is 22.5 Å². The number of rotatable bonds is 3. The standard InChI is InChI=1S/C27H17NO7/c29-16-10-11-21-22(13-16)34-23-14-17(30)12-19(25(28(32)33)15-6-2-1-3-7-15)24(23)27(21)20-9-5-4-8-18(20)26(31)35-27/h1-14,25,29-30H. The van der Waals surface area contributed by atoms with Crippen molar-refractivity contribution in [2.24, 2.45) is 0 Å². The third-order valence-corrected chi connectivity index (χ3v) is 6.43. The molecule has 8 heteroatoms. The summed E-state index contributed by atoms with van der Waals surface area (Å²) < 4.78 is 12.1. The second-order valence-electron chi connectivity index (χ2n) is 8.41. The van der Waals surface area contributed by atoms with E-state index in [1.807, 2.05) is 0 Å². The largest absolute Gasteiger partial charge is 0.508 e. The molecule has 0 saturated heterocycles. The van der Waals surface area contributed by atoms with Gasteiger partial charge in [-0.1, -0.05) is 48.5 Å². The molecule has 0 amide bonds. The van der Waals surface area contributed by atoms with E-state index in [1.54, 1.807) is 60.7 Å². The van der Waals surface area contributed by atoms with Crippen LogP contribution in [0.15, 0.2) is 84.9 Å². The van der Waals surface area contributed by atoms with Gasteiger partial charge in [-0.05, 0) is 24.3 Å². The summed E-state index contributed by atoms with van der Waals surface area (Å²) in [6.07, 6.45) is 0. The Bertz CT molecular complexity index is 1530. The fourth-order valence-corrected chi connectivity index (χ4v) is 5.09. The molecule has 0 radical (unpaired) electrons. The highest BCUT2D eigenvalue weighted by Gasteiger charge is 2.56. The van der Waals surface area contributed by atoms with Gasteiger partial charge in [-0.25, -0.2) is 4.79 Å². The van der Waals surface area contributed by atoms with Crippen LogP contribution >= 0.6 is 0 Å². The van der Waals surface area contributed by atoms with Crippen molar-refractivity contribution in [1.82, 2.24) is 0 Å². The zero-order valence-electron chi connectivity index (χ0n) is 18.0. The summed E-state index contributed by atoms with van der Waals surface area (Å²) in [5, 5.41) is 33.1. The average Bonchev–Trinajstić information content (AvgIpc) is 3.12. The molecule has 4 aromatic carbocycles. The summed E-state index contributed by atoms with van der Waals surface area (Å²) in [5.41, 5.74) is 0.380. The predicted molar refractivity (Wildman–Crippen MR) is 123 cm³/mol. The third kappa shape index (κ3) is 2.90. The van der Waals surface area contributed by atoms with Gasteiger partial charge in [0.2, 0.25) is 0 Å². The fraction of sp³-hybridized carbons (Fsp3) is 0.0741. The number of hydrogen-bond acceptors (Lipinski definition) is 7. The first-order chi connectivity index (χ1) is 16.9. The number of hydrogen-bond donors (Lipinski definition) is 2. The minimum atomic E-state index is -1.59. The van der Waals surface area contributed by atoms with Crippen molar-refractivity contribution in [3.05, 3.63) is 128 Å². The maximum atomic E-state index is 13.1. The lowest BCUT2D eigenvalue weighted by Crippen LogP contribution is -2.35. The second kappa shape index (κ2) is 7.33. The summed E-state index contributed by atoms with van der Waals surface area (Å²) in [6, 6.07) is 20.8. The quantitative estimate of drug-likeness (QED) is 0.246. The Balaban J connectivity index is 1.74. The van der Waals surface area contributed by atoms with E-state index in [1.165, 1.54) is 24.3 Å². The molecule has 0 aromatic heterocycles. The van der Waals surface area contributed by atoms with Gasteiger partial charge >= 0.3 is 5.97 Å². The number of phenols is 2. The number of benzene rings is 4. The minimum Gasteiger partial charge on any atom is -0.508 e. The van der Waals surface area contributed by atoms with E-state index in [2.05, 4.69) is 0 Å². The van der Waals surface area contributed by atoms with Crippen molar-refractivity contribution in [3.63, 3.8) is 0 Å². The van der Waals surface area contributed by atoms with Crippen LogP contribution in [0.4, 0.5) is 0 Å². The van der Waals surface area contributed by atoms with E-state index >= 15 is 0 Å². The lowest BCUT2D eigenvalue weighted by molar-refractivity contribution is -0.517. The highest BCUT2D eigenvalue weighted by atomic mass is 16.6. The van der Waals surface area contributed by atoms with Gasteiger partial charge in [0, 0.05) is 39.3 Å². The molecule has 1 spiro atoms. The number of fused-ring (bicyclic) bond motifs is 6. The molecule has 6 rings (SSSR count). The van der Waals surface area contributed by atoms with Crippen LogP contribution in [0.25, 0.3) is 0 Å². The van der Waals surface area contributed by atoms with Gasteiger partial charge in [0.15, 0.2) is 5.60 Å². The molecule has 2 heterocycles. The van der Waals surface area contributed by atoms with Gasteiger partial charge in [-0.15, -0.1) is 0 Å². The van der Waals surface area contributed by atoms with Crippen LogP contribution in [-0.4, -0.2) is 21.1 Å². The van der Waals surface area contributed by atoms with E-state index in [0.29, 0.717) is 22.3 Å². The van der Waals surface area contributed by atoms with Gasteiger partial charge in [-0.3, -0.25) is 10.1 Å². The third-order valence-electron chi connectivity index (χ3n) is 6.43. The first-order valence-electron chi connectivity index (χ1n) is 10.8. The topological polar surface area (TPSA) is 119 Å². The van der Waals surface area contributed by atoms with Crippen LogP contribution in [0.1, 0.15) is 44.2 Å². The van der Waals surface area contributed by atoms with Gasteiger partial charge in [0.05, 0.1) is 11.1 Å². The molecule has 0 aliphatic carbocycles. The number of phenolic OH excluding ortho intramolecular Hbond substituents is 2. The molecule has 4 aromatic rings.